The largest absolute Gasteiger partial charge is 1.00 e. The maximum absolute atomic E-state index is 8.25. The monoisotopic (exact) mass is 264 g/mol. The standard InChI is InChI=1S/4BO2.4Na/c4*2-1-3;;;;/q4*-1;4*+1. The van der Waals surface area contributed by atoms with Gasteiger partial charge in [0.2, 0.25) is 0 Å². The second-order valence-corrected chi connectivity index (χ2v) is 0.385. The quantitative estimate of drug-likeness (QED) is 0.389. The fourth-order valence-electron chi connectivity index (χ4n) is 0. The minimum absolute atomic E-state index is 0. The van der Waals surface area contributed by atoms with E-state index in [2.05, 4.69) is 0 Å². The molecular formula is B4Na4O8. The van der Waals surface area contributed by atoms with Crippen molar-refractivity contribution in [1.29, 1.82) is 0 Å². The van der Waals surface area contributed by atoms with E-state index in [9.17, 15) is 0 Å². The van der Waals surface area contributed by atoms with Crippen molar-refractivity contribution in [2.75, 3.05) is 0 Å². The van der Waals surface area contributed by atoms with E-state index in [0.717, 1.165) is 0 Å². The van der Waals surface area contributed by atoms with Crippen LogP contribution in [0.15, 0.2) is 0 Å². The molecule has 0 aliphatic heterocycles. The van der Waals surface area contributed by atoms with Crippen molar-refractivity contribution >= 4 is 29.4 Å². The molecule has 0 heterocycles. The van der Waals surface area contributed by atoms with E-state index in [1.165, 1.54) is 0 Å². The van der Waals surface area contributed by atoms with Crippen LogP contribution in [0.2, 0.25) is 0 Å². The predicted octanol–water partition coefficient (Wildman–Crippen LogP) is -18.7. The Morgan fingerprint density at radius 3 is 0.438 bits per heavy atom. The van der Waals surface area contributed by atoms with E-state index in [1.807, 2.05) is 0 Å². The Bertz CT molecular complexity index is 78.0. The number of hydrogen-bond acceptors (Lipinski definition) is 8. The van der Waals surface area contributed by atoms with E-state index in [1.54, 1.807) is 0 Å². The number of rotatable bonds is 0. The van der Waals surface area contributed by atoms with Gasteiger partial charge in [0.1, 0.15) is 0 Å². The maximum Gasteiger partial charge on any atom is 1.00 e. The summed E-state index contributed by atoms with van der Waals surface area (Å²) in [6.07, 6.45) is 0. The van der Waals surface area contributed by atoms with Crippen molar-refractivity contribution in [3.05, 3.63) is 0 Å². The van der Waals surface area contributed by atoms with E-state index in [-0.39, 0.29) is 118 Å². The van der Waals surface area contributed by atoms with Crippen LogP contribution in [0.5, 0.6) is 0 Å². The molecule has 64 valence electrons. The fourth-order valence-corrected chi connectivity index (χ4v) is 0. The summed E-state index contributed by atoms with van der Waals surface area (Å²) in [4.78, 5) is 0. The zero-order chi connectivity index (χ0) is 10.8. The molecule has 8 nitrogen and oxygen atoms in total. The Morgan fingerprint density at radius 2 is 0.438 bits per heavy atom. The van der Waals surface area contributed by atoms with Crippen molar-refractivity contribution in [3.63, 3.8) is 0 Å². The van der Waals surface area contributed by atoms with Crippen LogP contribution < -0.4 is 138 Å². The normalized spacial score (nSPS) is 2.00. The first-order valence-electron chi connectivity index (χ1n) is 1.89. The molecule has 0 spiro atoms. The van der Waals surface area contributed by atoms with Gasteiger partial charge in [-0.1, -0.05) is 0 Å². The van der Waals surface area contributed by atoms with Gasteiger partial charge in [-0.25, -0.2) is 0 Å². The smallest absolute Gasteiger partial charge is 1.00 e. The van der Waals surface area contributed by atoms with Gasteiger partial charge in [-0.2, -0.15) is 0 Å². The average Bonchev–Trinajstić information content (AvgIpc) is 1.92. The molecular weight excluding hydrogens is 263 g/mol. The van der Waals surface area contributed by atoms with Crippen LogP contribution in [0, 0.1) is 0 Å². The van der Waals surface area contributed by atoms with Crippen molar-refractivity contribution in [3.8, 4) is 0 Å². The van der Waals surface area contributed by atoms with Gasteiger partial charge >= 0.3 is 187 Å². The Kier molecular flexibility index (Phi) is 354. The van der Waals surface area contributed by atoms with Crippen LogP contribution in [0.1, 0.15) is 0 Å². The van der Waals surface area contributed by atoms with Crippen molar-refractivity contribution in [2.24, 2.45) is 0 Å². The molecule has 0 radical (unpaired) electrons. The molecule has 0 aromatic heterocycles. The average molecular weight is 263 g/mol. The maximum atomic E-state index is 8.25. The summed E-state index contributed by atoms with van der Waals surface area (Å²) in [5, 5.41) is 33.0. The summed E-state index contributed by atoms with van der Waals surface area (Å²) in [6.45, 7) is 0. The van der Waals surface area contributed by atoms with Crippen LogP contribution in [0.25, 0.3) is 0 Å². The van der Waals surface area contributed by atoms with Gasteiger partial charge < -0.3 is 0 Å². The van der Waals surface area contributed by atoms with Crippen molar-refractivity contribution in [1.82, 2.24) is 0 Å². The molecule has 16 heavy (non-hydrogen) atoms. The SMILES string of the molecule is O=B[O-].O=B[O-].O=B[O-].O=B[O-].[Na+].[Na+].[Na+].[Na+]. The summed E-state index contributed by atoms with van der Waals surface area (Å²) >= 11 is 0. The Hall–Kier alpha value is 2.66. The minimum Gasteiger partial charge on any atom is 1.00 e. The van der Waals surface area contributed by atoms with Gasteiger partial charge in [0.05, 0.1) is 0 Å². The van der Waals surface area contributed by atoms with E-state index in [0.29, 0.717) is 0 Å². The second-order valence-electron chi connectivity index (χ2n) is 0.385. The Morgan fingerprint density at radius 1 is 0.438 bits per heavy atom. The van der Waals surface area contributed by atoms with Crippen LogP contribution in [-0.4, -0.2) is 29.4 Å². The van der Waals surface area contributed by atoms with Gasteiger partial charge in [0, 0.05) is 0 Å². The summed E-state index contributed by atoms with van der Waals surface area (Å²) < 4.78 is 33.0. The van der Waals surface area contributed by atoms with Crippen molar-refractivity contribution < 1.29 is 157 Å². The molecule has 0 N–H and O–H groups in total. The van der Waals surface area contributed by atoms with Crippen molar-refractivity contribution in [2.45, 2.75) is 0 Å². The Labute approximate surface area is 183 Å². The summed E-state index contributed by atoms with van der Waals surface area (Å²) in [5.41, 5.74) is 0. The molecule has 0 saturated carbocycles. The summed E-state index contributed by atoms with van der Waals surface area (Å²) in [6, 6.07) is 0. The van der Waals surface area contributed by atoms with E-state index in [4.69, 9.17) is 38.9 Å². The van der Waals surface area contributed by atoms with Crippen LogP contribution in [-0.2, 0) is 18.8 Å². The fraction of sp³-hybridized carbons (Fsp3) is 0. The van der Waals surface area contributed by atoms with Gasteiger partial charge in [-0.05, 0) is 0 Å². The minimum atomic E-state index is -0.500. The molecule has 0 fully saturated rings. The Balaban J connectivity index is -0.00000000821. The van der Waals surface area contributed by atoms with Gasteiger partial charge in [-0.15, -0.1) is 0 Å². The van der Waals surface area contributed by atoms with E-state index >= 15 is 0 Å². The van der Waals surface area contributed by atoms with E-state index < -0.39 is 29.4 Å². The predicted molar refractivity (Wildman–Crippen MR) is 25.8 cm³/mol. The molecule has 0 amide bonds. The molecule has 0 aromatic carbocycles. The third kappa shape index (κ3) is 578. The molecule has 0 bridgehead atoms. The van der Waals surface area contributed by atoms with Gasteiger partial charge in [-0.3, -0.25) is 0 Å². The van der Waals surface area contributed by atoms with Gasteiger partial charge in [0.15, 0.2) is 0 Å². The summed E-state index contributed by atoms with van der Waals surface area (Å²) in [5.74, 6) is 0. The summed E-state index contributed by atoms with van der Waals surface area (Å²) in [7, 11) is -2.00. The second kappa shape index (κ2) is 111. The molecule has 16 heteroatoms. The first-order valence-corrected chi connectivity index (χ1v) is 1.89. The topological polar surface area (TPSA) is 161 Å². The molecule has 0 atom stereocenters. The van der Waals surface area contributed by atoms with Crippen LogP contribution >= 0.6 is 0 Å². The van der Waals surface area contributed by atoms with Crippen LogP contribution in [0.4, 0.5) is 0 Å². The zero-order valence-electron chi connectivity index (χ0n) is 9.58. The third-order valence-electron chi connectivity index (χ3n) is 0. The first-order chi connectivity index (χ1) is 5.66. The molecule has 0 aliphatic carbocycles. The number of hydrogen-bond donors (Lipinski definition) is 0. The molecule has 0 saturated heterocycles. The molecule has 0 aromatic rings. The molecule has 0 unspecified atom stereocenters. The first kappa shape index (κ1) is 51.2. The third-order valence-corrected chi connectivity index (χ3v) is 0. The molecule has 0 aliphatic rings. The van der Waals surface area contributed by atoms with Gasteiger partial charge in [0.25, 0.3) is 0 Å². The zero-order valence-corrected chi connectivity index (χ0v) is 17.6. The van der Waals surface area contributed by atoms with Crippen LogP contribution in [0.3, 0.4) is 0 Å². The molecule has 0 rings (SSSR count).